The second-order valence-electron chi connectivity index (χ2n) is 8.52. The number of thioether (sulfide) groups is 2. The molecule has 2 aliphatic rings. The summed E-state index contributed by atoms with van der Waals surface area (Å²) in [6.07, 6.45) is -2.08. The Morgan fingerprint density at radius 1 is 1.20 bits per heavy atom. The van der Waals surface area contributed by atoms with Crippen LogP contribution in [0.2, 0.25) is 0 Å². The summed E-state index contributed by atoms with van der Waals surface area (Å²) in [6, 6.07) is 0.318. The molecule has 5 heterocycles. The quantitative estimate of drug-likeness (QED) is 0.0357. The van der Waals surface area contributed by atoms with Crippen molar-refractivity contribution in [1.82, 2.24) is 34.8 Å². The summed E-state index contributed by atoms with van der Waals surface area (Å²) in [7, 11) is 1.25. The van der Waals surface area contributed by atoms with Crippen LogP contribution in [0.5, 0.6) is 0 Å². The van der Waals surface area contributed by atoms with E-state index in [1.165, 1.54) is 34.8 Å². The van der Waals surface area contributed by atoms with Crippen LogP contribution < -0.4 is 45.7 Å². The number of hydrogen-bond acceptors (Lipinski definition) is 16. The molecule has 0 saturated carbocycles. The van der Waals surface area contributed by atoms with Gasteiger partial charge in [-0.05, 0) is 12.5 Å². The predicted octanol–water partition coefficient (Wildman–Crippen LogP) is -4.06. The minimum Gasteiger partial charge on any atom is -0.565 e. The van der Waals surface area contributed by atoms with Gasteiger partial charge in [0.05, 0.1) is 0 Å². The molecule has 2 atom stereocenters. The van der Waals surface area contributed by atoms with Gasteiger partial charge in [-0.15, -0.1) is 40.0 Å². The molecule has 0 unspecified atom stereocenters. The van der Waals surface area contributed by atoms with Crippen molar-refractivity contribution in [1.29, 1.82) is 0 Å². The molecular weight excluding hydrogens is 669 g/mol. The molecule has 6 N–H and O–H groups in total. The Hall–Kier alpha value is -3.96. The van der Waals surface area contributed by atoms with E-state index in [1.54, 1.807) is 6.92 Å². The van der Waals surface area contributed by atoms with E-state index in [4.69, 9.17) is 25.6 Å². The van der Waals surface area contributed by atoms with Crippen LogP contribution in [0.4, 0.5) is 9.93 Å². The summed E-state index contributed by atoms with van der Waals surface area (Å²) < 4.78 is 1.38. The van der Waals surface area contributed by atoms with E-state index in [1.807, 2.05) is 0 Å². The number of carbonyl (C=O) groups excluding carboxylic acids is 2. The van der Waals surface area contributed by atoms with E-state index in [0.717, 1.165) is 28.0 Å². The summed E-state index contributed by atoms with van der Waals surface area (Å²) in [5.74, 6) is -3.04. The van der Waals surface area contributed by atoms with Crippen LogP contribution in [0, 0.1) is 6.92 Å². The zero-order valence-corrected chi connectivity index (χ0v) is 27.8. The van der Waals surface area contributed by atoms with Gasteiger partial charge in [0.25, 0.3) is 17.6 Å². The fraction of sp³-hybridized carbons (Fsp3) is 0.273. The topological polar surface area (TPSA) is 288 Å². The largest absolute Gasteiger partial charge is 1.00 e. The van der Waals surface area contributed by atoms with Gasteiger partial charge in [0.15, 0.2) is 16.5 Å². The van der Waals surface area contributed by atoms with Crippen LogP contribution in [0.1, 0.15) is 22.0 Å². The molecule has 0 spiro atoms. The Morgan fingerprint density at radius 2 is 1.89 bits per heavy atom. The average Bonchev–Trinajstić information content (AvgIpc) is 3.56. The molecule has 45 heavy (non-hydrogen) atoms. The zero-order valence-electron chi connectivity index (χ0n) is 23.4. The number of aromatic nitrogens is 5. The minimum absolute atomic E-state index is 0. The number of oxime groups is 1. The number of hydrogen-bond donors (Lipinski definition) is 5. The number of β-lactam (4-membered cyclic amide) rings is 1. The fourth-order valence-electron chi connectivity index (χ4n) is 4.01. The fourth-order valence-corrected chi connectivity index (χ4v) is 7.04. The number of nitrogens with two attached hydrogens (primary N) is 1. The number of fused-ring (bicyclic) bond motifs is 2. The Morgan fingerprint density at radius 3 is 2.47 bits per heavy atom. The van der Waals surface area contributed by atoms with Gasteiger partial charge in [-0.25, -0.2) is 19.6 Å². The minimum atomic E-state index is -2.08. The summed E-state index contributed by atoms with van der Waals surface area (Å²) in [4.78, 5) is 76.2. The number of thiazole rings is 1. The second kappa shape index (κ2) is 14.9. The van der Waals surface area contributed by atoms with Crippen LogP contribution >= 0.6 is 34.9 Å². The molecule has 23 heteroatoms. The molecule has 2 amide bonds. The van der Waals surface area contributed by atoms with Gasteiger partial charge in [0.2, 0.25) is 6.16 Å². The molecule has 5 rings (SSSR count). The normalized spacial score (nSPS) is 17.3. The van der Waals surface area contributed by atoms with E-state index in [2.05, 4.69) is 30.5 Å². The van der Waals surface area contributed by atoms with Crippen molar-refractivity contribution in [3.63, 3.8) is 0 Å². The van der Waals surface area contributed by atoms with Crippen molar-refractivity contribution < 1.29 is 78.8 Å². The Bertz CT molecular complexity index is 1740. The molecule has 19 nitrogen and oxygen atoms in total. The average molecular weight is 690 g/mol. The third-order valence-corrected chi connectivity index (χ3v) is 8.79. The van der Waals surface area contributed by atoms with Crippen LogP contribution in [0.25, 0.3) is 5.78 Å². The van der Waals surface area contributed by atoms with Crippen molar-refractivity contribution >= 4 is 81.4 Å². The third-order valence-electron chi connectivity index (χ3n) is 5.70. The summed E-state index contributed by atoms with van der Waals surface area (Å²) in [5.41, 5.74) is 5.65. The number of anilines is 1. The van der Waals surface area contributed by atoms with Crippen molar-refractivity contribution in [3.05, 3.63) is 39.9 Å². The first kappa shape index (κ1) is 35.5. The van der Waals surface area contributed by atoms with Crippen LogP contribution in [-0.2, 0) is 19.2 Å². The van der Waals surface area contributed by atoms with Crippen molar-refractivity contribution in [2.45, 2.75) is 23.4 Å². The Balaban J connectivity index is 0.00000104. The number of nitrogens with zero attached hydrogens (tertiary/aromatic N) is 7. The van der Waals surface area contributed by atoms with E-state index < -0.39 is 41.3 Å². The predicted molar refractivity (Wildman–Crippen MR) is 151 cm³/mol. The molecule has 0 aromatic carbocycles. The van der Waals surface area contributed by atoms with Gasteiger partial charge >= 0.3 is 41.5 Å². The van der Waals surface area contributed by atoms with E-state index in [-0.39, 0.29) is 74.8 Å². The summed E-state index contributed by atoms with van der Waals surface area (Å²) in [5, 5.41) is 46.7. The summed E-state index contributed by atoms with van der Waals surface area (Å²) >= 11 is 3.52. The van der Waals surface area contributed by atoms with E-state index in [0.29, 0.717) is 16.4 Å². The van der Waals surface area contributed by atoms with Crippen LogP contribution in [-0.4, -0.2) is 110 Å². The maximum Gasteiger partial charge on any atom is 1.00 e. The zero-order chi connectivity index (χ0) is 32.3. The van der Waals surface area contributed by atoms with Gasteiger partial charge in [-0.1, -0.05) is 5.16 Å². The number of aromatic carboxylic acids is 1. The maximum absolute atomic E-state index is 13.1. The van der Waals surface area contributed by atoms with E-state index in [9.17, 15) is 29.4 Å². The second-order valence-corrected chi connectivity index (χ2v) is 11.5. The molecule has 0 aliphatic carbocycles. The van der Waals surface area contributed by atoms with Crippen molar-refractivity contribution in [3.8, 4) is 0 Å². The van der Waals surface area contributed by atoms with Gasteiger partial charge in [-0.3, -0.25) is 14.5 Å². The number of carbonyl (C=O) groups is 5. The molecule has 0 bridgehead atoms. The molecule has 232 valence electrons. The van der Waals surface area contributed by atoms with Gasteiger partial charge < -0.3 is 41.1 Å². The van der Waals surface area contributed by atoms with Crippen LogP contribution in [0.15, 0.2) is 32.9 Å². The van der Waals surface area contributed by atoms with Crippen LogP contribution in [0.3, 0.4) is 0 Å². The molecule has 1 fully saturated rings. The first-order chi connectivity index (χ1) is 20.8. The number of amides is 2. The Kier molecular flexibility index (Phi) is 11.7. The monoisotopic (exact) mass is 689 g/mol. The maximum atomic E-state index is 13.1. The number of rotatable bonds is 9. The number of nitrogen functional groups attached to an aromatic ring is 1. The standard InChI is InChI=1S/C21H19N9O7S3.CH2O3.Na/c1-7-23-21-25-9(18(33)34)3-11(30(21)27-7)38-4-8-5-39-17-13(16(32)29(17)14(8)19(35)36)26-15(31)12(28-37-2)10-6-40-20(22)24-10;2-1(3)4;/h3,6,13,17H,4-5H2,1-2H3,(H2,22,24)(H,26,31)(H,33,34)(H,35,36);(H2,2,3,4);/q;;+1/p-1/t13-,17-;;/m1../s1. The molecule has 2 aliphatic heterocycles. The SMILES string of the molecule is CON=C(C(=O)N[C@@H]1C(=O)N2C(C(=O)O)=C(CSc3cc(C(=O)O)nc4nc(C)nn34)CS[C@H]12)c1csc(N)n1.O=C([O-])O.[Na+]. The molecule has 3 aromatic heterocycles. The van der Waals surface area contributed by atoms with Gasteiger partial charge in [-0.2, -0.15) is 9.50 Å². The first-order valence-electron chi connectivity index (χ1n) is 11.9. The number of nitrogens with one attached hydrogen (secondary N) is 1. The van der Waals surface area contributed by atoms with Gasteiger partial charge in [0, 0.05) is 23.0 Å². The summed E-state index contributed by atoms with van der Waals surface area (Å²) in [6.45, 7) is 1.63. The number of aryl methyl sites for hydroxylation is 1. The number of aliphatic carboxylic acids is 1. The van der Waals surface area contributed by atoms with Gasteiger partial charge in [0.1, 0.15) is 40.8 Å². The number of carboxylic acid groups (broad SMARTS) is 4. The Labute approximate surface area is 286 Å². The van der Waals surface area contributed by atoms with E-state index >= 15 is 0 Å². The molecule has 3 aromatic rings. The van der Waals surface area contributed by atoms with Crippen molar-refractivity contribution in [2.24, 2.45) is 5.16 Å². The molecule has 1 saturated heterocycles. The first-order valence-corrected chi connectivity index (χ1v) is 14.8. The van der Waals surface area contributed by atoms with Crippen molar-refractivity contribution in [2.75, 3.05) is 24.3 Å². The smallest absolute Gasteiger partial charge is 0.565 e. The molecule has 0 radical (unpaired) electrons. The molecular formula is C22H20N9NaO10S3. The number of carboxylic acids is 2. The third kappa shape index (κ3) is 7.83.